The lowest BCUT2D eigenvalue weighted by atomic mass is 10.0. The molecule has 0 bridgehead atoms. The fourth-order valence-corrected chi connectivity index (χ4v) is 2.69. The molecule has 7 nitrogen and oxygen atoms in total. The quantitative estimate of drug-likeness (QED) is 0.457. The summed E-state index contributed by atoms with van der Waals surface area (Å²) in [6.07, 6.45) is 0. The van der Waals surface area contributed by atoms with Crippen LogP contribution in [0.1, 0.15) is 37.4 Å². The van der Waals surface area contributed by atoms with Crippen molar-refractivity contribution in [1.82, 2.24) is 0 Å². The average molecular weight is 392 g/mol. The second kappa shape index (κ2) is 8.32. The lowest BCUT2D eigenvalue weighted by molar-refractivity contribution is 0.0528. The Morgan fingerprint density at radius 2 is 1.63 bits per heavy atom. The summed E-state index contributed by atoms with van der Waals surface area (Å²) in [7, 11) is -4.19. The van der Waals surface area contributed by atoms with E-state index < -0.39 is 34.4 Å². The zero-order valence-electron chi connectivity index (χ0n) is 15.2. The zero-order chi connectivity index (χ0) is 20.2. The van der Waals surface area contributed by atoms with Gasteiger partial charge in [-0.05, 0) is 67.8 Å². The maximum atomic E-state index is 12.4. The fourth-order valence-electron chi connectivity index (χ4n) is 2.40. The summed E-state index contributed by atoms with van der Waals surface area (Å²) >= 11 is 0. The molecule has 0 unspecified atom stereocenters. The van der Waals surface area contributed by atoms with Crippen LogP contribution < -0.4 is 4.74 Å². The Morgan fingerprint density at radius 1 is 1.00 bits per heavy atom. The SMILES string of the molecule is Cc1cc(C)c(C)c(C(=O)Oc2ccc(C(=O)OCCS(=O)(=O)O)cc2)c1. The molecule has 2 aromatic rings. The lowest BCUT2D eigenvalue weighted by Gasteiger charge is -2.10. The topological polar surface area (TPSA) is 107 Å². The Kier molecular flexibility index (Phi) is 6.35. The first-order chi connectivity index (χ1) is 12.6. The van der Waals surface area contributed by atoms with Crippen LogP contribution in [0.3, 0.4) is 0 Å². The second-order valence-corrected chi connectivity index (χ2v) is 7.66. The number of carbonyl (C=O) groups is 2. The van der Waals surface area contributed by atoms with Crippen LogP contribution in [-0.2, 0) is 14.9 Å². The van der Waals surface area contributed by atoms with Gasteiger partial charge in [0.1, 0.15) is 18.1 Å². The molecule has 144 valence electrons. The molecule has 0 aliphatic rings. The van der Waals surface area contributed by atoms with Gasteiger partial charge in [-0.2, -0.15) is 8.42 Å². The van der Waals surface area contributed by atoms with Crippen LogP contribution in [0, 0.1) is 20.8 Å². The molecule has 0 spiro atoms. The summed E-state index contributed by atoms with van der Waals surface area (Å²) in [5, 5.41) is 0. The Bertz CT molecular complexity index is 960. The van der Waals surface area contributed by atoms with E-state index in [-0.39, 0.29) is 11.3 Å². The smallest absolute Gasteiger partial charge is 0.343 e. The molecule has 2 aromatic carbocycles. The van der Waals surface area contributed by atoms with E-state index in [1.165, 1.54) is 24.3 Å². The molecule has 0 heterocycles. The van der Waals surface area contributed by atoms with E-state index in [1.54, 1.807) is 6.07 Å². The number of hydrogen-bond donors (Lipinski definition) is 1. The van der Waals surface area contributed by atoms with E-state index in [0.717, 1.165) is 16.7 Å². The third-order valence-corrected chi connectivity index (χ3v) is 4.59. The van der Waals surface area contributed by atoms with Crippen molar-refractivity contribution in [3.63, 3.8) is 0 Å². The van der Waals surface area contributed by atoms with Crippen molar-refractivity contribution >= 4 is 22.1 Å². The summed E-state index contributed by atoms with van der Waals surface area (Å²) in [4.78, 5) is 24.2. The molecule has 0 fully saturated rings. The summed E-state index contributed by atoms with van der Waals surface area (Å²) in [5.74, 6) is -1.67. The number of esters is 2. The third-order valence-electron chi connectivity index (χ3n) is 3.91. The minimum Gasteiger partial charge on any atom is -0.461 e. The highest BCUT2D eigenvalue weighted by atomic mass is 32.2. The van der Waals surface area contributed by atoms with Gasteiger partial charge in [-0.3, -0.25) is 4.55 Å². The van der Waals surface area contributed by atoms with Crippen molar-refractivity contribution < 1.29 is 32.0 Å². The van der Waals surface area contributed by atoms with Gasteiger partial charge in [0.2, 0.25) is 0 Å². The summed E-state index contributed by atoms with van der Waals surface area (Å²) < 4.78 is 39.9. The van der Waals surface area contributed by atoms with Crippen LogP contribution in [0.5, 0.6) is 5.75 Å². The van der Waals surface area contributed by atoms with Crippen LogP contribution in [-0.4, -0.2) is 37.3 Å². The molecular weight excluding hydrogens is 372 g/mol. The van der Waals surface area contributed by atoms with Gasteiger partial charge in [-0.15, -0.1) is 0 Å². The monoisotopic (exact) mass is 392 g/mol. The molecule has 27 heavy (non-hydrogen) atoms. The number of hydrogen-bond acceptors (Lipinski definition) is 6. The Morgan fingerprint density at radius 3 is 2.22 bits per heavy atom. The van der Waals surface area contributed by atoms with Crippen LogP contribution in [0.25, 0.3) is 0 Å². The van der Waals surface area contributed by atoms with Gasteiger partial charge in [0, 0.05) is 0 Å². The van der Waals surface area contributed by atoms with Crippen molar-refractivity contribution in [2.45, 2.75) is 20.8 Å². The van der Waals surface area contributed by atoms with Gasteiger partial charge in [0.25, 0.3) is 10.1 Å². The standard InChI is InChI=1S/C19H20O7S/c1-12-10-13(2)14(3)17(11-12)19(21)26-16-6-4-15(5-7-16)18(20)25-8-9-27(22,23)24/h4-7,10-11H,8-9H2,1-3H3,(H,22,23,24). The van der Waals surface area contributed by atoms with Gasteiger partial charge < -0.3 is 9.47 Å². The third kappa shape index (κ3) is 5.90. The number of rotatable bonds is 6. The number of benzene rings is 2. The van der Waals surface area contributed by atoms with Crippen molar-refractivity contribution in [2.24, 2.45) is 0 Å². The fraction of sp³-hybridized carbons (Fsp3) is 0.263. The number of aryl methyl sites for hydroxylation is 2. The Labute approximate surface area is 157 Å². The first-order valence-corrected chi connectivity index (χ1v) is 9.70. The Balaban J connectivity index is 2.03. The van der Waals surface area contributed by atoms with Crippen molar-refractivity contribution in [2.75, 3.05) is 12.4 Å². The van der Waals surface area contributed by atoms with Gasteiger partial charge in [-0.1, -0.05) is 6.07 Å². The van der Waals surface area contributed by atoms with E-state index in [0.29, 0.717) is 5.56 Å². The molecule has 1 N–H and O–H groups in total. The van der Waals surface area contributed by atoms with Crippen molar-refractivity contribution in [3.8, 4) is 5.75 Å². The Hall–Kier alpha value is -2.71. The maximum absolute atomic E-state index is 12.4. The van der Waals surface area contributed by atoms with E-state index in [1.807, 2.05) is 26.8 Å². The maximum Gasteiger partial charge on any atom is 0.343 e. The molecule has 0 aliphatic carbocycles. The van der Waals surface area contributed by atoms with Crippen LogP contribution >= 0.6 is 0 Å². The largest absolute Gasteiger partial charge is 0.461 e. The highest BCUT2D eigenvalue weighted by molar-refractivity contribution is 7.85. The summed E-state index contributed by atoms with van der Waals surface area (Å²) in [6.45, 7) is 5.20. The van der Waals surface area contributed by atoms with Gasteiger partial charge in [0.15, 0.2) is 0 Å². The predicted octanol–water partition coefficient (Wildman–Crippen LogP) is 2.88. The molecule has 0 saturated heterocycles. The highest BCUT2D eigenvalue weighted by Gasteiger charge is 2.15. The van der Waals surface area contributed by atoms with E-state index in [2.05, 4.69) is 0 Å². The average Bonchev–Trinajstić information content (AvgIpc) is 2.57. The normalized spacial score (nSPS) is 11.1. The minimum absolute atomic E-state index is 0.160. The summed E-state index contributed by atoms with van der Waals surface area (Å²) in [5.41, 5.74) is 3.41. The van der Waals surface area contributed by atoms with E-state index >= 15 is 0 Å². The number of ether oxygens (including phenoxy) is 2. The lowest BCUT2D eigenvalue weighted by Crippen LogP contribution is -2.15. The van der Waals surface area contributed by atoms with Gasteiger partial charge >= 0.3 is 11.9 Å². The molecule has 0 radical (unpaired) electrons. The van der Waals surface area contributed by atoms with E-state index in [9.17, 15) is 18.0 Å². The molecule has 2 rings (SSSR count). The zero-order valence-corrected chi connectivity index (χ0v) is 16.0. The van der Waals surface area contributed by atoms with Crippen LogP contribution in [0.4, 0.5) is 0 Å². The van der Waals surface area contributed by atoms with Crippen LogP contribution in [0.15, 0.2) is 36.4 Å². The summed E-state index contributed by atoms with van der Waals surface area (Å²) in [6, 6.07) is 9.41. The number of carbonyl (C=O) groups excluding carboxylic acids is 2. The van der Waals surface area contributed by atoms with Gasteiger partial charge in [-0.25, -0.2) is 9.59 Å². The van der Waals surface area contributed by atoms with Crippen molar-refractivity contribution in [3.05, 3.63) is 64.2 Å². The highest BCUT2D eigenvalue weighted by Crippen LogP contribution is 2.20. The molecule has 0 amide bonds. The first-order valence-electron chi connectivity index (χ1n) is 8.09. The van der Waals surface area contributed by atoms with Crippen molar-refractivity contribution in [1.29, 1.82) is 0 Å². The minimum atomic E-state index is -4.19. The predicted molar refractivity (Wildman–Crippen MR) is 98.8 cm³/mol. The first kappa shape index (κ1) is 20.6. The molecule has 8 heteroatoms. The molecule has 0 saturated carbocycles. The molecule has 0 atom stereocenters. The molecular formula is C19H20O7S. The molecule has 0 aromatic heterocycles. The van der Waals surface area contributed by atoms with Gasteiger partial charge in [0.05, 0.1) is 11.1 Å². The van der Waals surface area contributed by atoms with E-state index in [4.69, 9.17) is 14.0 Å². The molecule has 0 aliphatic heterocycles. The van der Waals surface area contributed by atoms with Crippen LogP contribution in [0.2, 0.25) is 0 Å². The second-order valence-electron chi connectivity index (χ2n) is 6.09.